The van der Waals surface area contributed by atoms with Crippen LogP contribution in [0, 0.1) is 12.7 Å². The highest BCUT2D eigenvalue weighted by Gasteiger charge is 2.22. The van der Waals surface area contributed by atoms with Gasteiger partial charge in [0, 0.05) is 25.0 Å². The fourth-order valence-corrected chi connectivity index (χ4v) is 4.21. The van der Waals surface area contributed by atoms with Gasteiger partial charge in [-0.05, 0) is 48.4 Å². The minimum atomic E-state index is -4.07. The molecule has 5 nitrogen and oxygen atoms in total. The number of halogens is 2. The van der Waals surface area contributed by atoms with Crippen LogP contribution in [0.4, 0.5) is 4.39 Å². The molecule has 0 aliphatic rings. The molecule has 0 saturated heterocycles. The molecule has 0 unspecified atom stereocenters. The van der Waals surface area contributed by atoms with Crippen molar-refractivity contribution in [2.75, 3.05) is 0 Å². The fraction of sp³-hybridized carbons (Fsp3) is 0.111. The molecule has 0 radical (unpaired) electrons. The van der Waals surface area contributed by atoms with Crippen molar-refractivity contribution in [1.82, 2.24) is 8.96 Å². The molecule has 3 aromatic rings. The van der Waals surface area contributed by atoms with Gasteiger partial charge in [-0.2, -0.15) is 0 Å². The summed E-state index contributed by atoms with van der Waals surface area (Å²) in [5.74, 6) is -0.897. The van der Waals surface area contributed by atoms with Crippen LogP contribution in [-0.4, -0.2) is 23.2 Å². The zero-order chi connectivity index (χ0) is 18.9. The van der Waals surface area contributed by atoms with Gasteiger partial charge in [0.05, 0.1) is 5.02 Å². The number of aryl methyl sites for hydroxylation is 1. The molecule has 0 aliphatic carbocycles. The molecular weight excluding hydrogens is 379 g/mol. The Kier molecular flexibility index (Phi) is 4.93. The molecule has 26 heavy (non-hydrogen) atoms. The Morgan fingerprint density at radius 1 is 1.27 bits per heavy atom. The Hall–Kier alpha value is -2.51. The first-order chi connectivity index (χ1) is 12.3. The molecule has 0 N–H and O–H groups in total. The van der Waals surface area contributed by atoms with Crippen LogP contribution in [0.1, 0.15) is 21.6 Å². The molecule has 134 valence electrons. The topological polar surface area (TPSA) is 69.0 Å². The van der Waals surface area contributed by atoms with E-state index in [1.807, 2.05) is 0 Å². The van der Waals surface area contributed by atoms with E-state index in [4.69, 9.17) is 11.6 Å². The van der Waals surface area contributed by atoms with Gasteiger partial charge >= 0.3 is 0 Å². The Balaban J connectivity index is 1.89. The highest BCUT2D eigenvalue weighted by atomic mass is 35.5. The highest BCUT2D eigenvalue weighted by molar-refractivity contribution is 7.90. The summed E-state index contributed by atoms with van der Waals surface area (Å²) in [5, 5.41) is -0.0660. The number of hydrogen-bond acceptors (Lipinski definition) is 4. The highest BCUT2D eigenvalue weighted by Crippen LogP contribution is 2.27. The standard InChI is InChI=1S/C18H14ClFN2O3S/c1-12-8-14(19)18(10-15(12)20)26(24,25)22-7-5-13(11-22)9-17(23)16-4-2-3-6-21-16/h2-8,10-11H,9H2,1H3. The predicted molar refractivity (Wildman–Crippen MR) is 95.4 cm³/mol. The van der Waals surface area contributed by atoms with Crippen LogP contribution in [-0.2, 0) is 16.4 Å². The van der Waals surface area contributed by atoms with Gasteiger partial charge in [0.25, 0.3) is 10.0 Å². The number of carbonyl (C=O) groups is 1. The molecule has 0 atom stereocenters. The van der Waals surface area contributed by atoms with Crippen LogP contribution in [0.15, 0.2) is 59.9 Å². The largest absolute Gasteiger partial charge is 0.292 e. The van der Waals surface area contributed by atoms with Gasteiger partial charge in [0.2, 0.25) is 0 Å². The van der Waals surface area contributed by atoms with E-state index in [1.165, 1.54) is 37.6 Å². The number of rotatable bonds is 5. The van der Waals surface area contributed by atoms with Crippen molar-refractivity contribution in [3.8, 4) is 0 Å². The van der Waals surface area contributed by atoms with Gasteiger partial charge in [-0.15, -0.1) is 0 Å². The fourth-order valence-electron chi connectivity index (χ4n) is 2.42. The molecule has 0 fully saturated rings. The zero-order valence-corrected chi connectivity index (χ0v) is 15.3. The zero-order valence-electron chi connectivity index (χ0n) is 13.7. The van der Waals surface area contributed by atoms with E-state index in [0.29, 0.717) is 11.3 Å². The second kappa shape index (κ2) is 7.01. The number of ketones is 1. The third-order valence-electron chi connectivity index (χ3n) is 3.81. The maximum atomic E-state index is 13.8. The SMILES string of the molecule is Cc1cc(Cl)c(S(=O)(=O)n2ccc(CC(=O)c3ccccn3)c2)cc1F. The Morgan fingerprint density at radius 2 is 2.04 bits per heavy atom. The maximum Gasteiger partial charge on any atom is 0.269 e. The molecule has 8 heteroatoms. The van der Waals surface area contributed by atoms with Crippen LogP contribution < -0.4 is 0 Å². The molecular formula is C18H14ClFN2O3S. The van der Waals surface area contributed by atoms with Gasteiger partial charge in [0.1, 0.15) is 16.4 Å². The minimum Gasteiger partial charge on any atom is -0.292 e. The van der Waals surface area contributed by atoms with E-state index in [1.54, 1.807) is 18.2 Å². The lowest BCUT2D eigenvalue weighted by Gasteiger charge is -2.09. The summed E-state index contributed by atoms with van der Waals surface area (Å²) in [6, 6.07) is 8.65. The third kappa shape index (κ3) is 3.54. The van der Waals surface area contributed by atoms with Gasteiger partial charge in [-0.1, -0.05) is 17.7 Å². The molecule has 0 saturated carbocycles. The second-order valence-electron chi connectivity index (χ2n) is 5.70. The molecule has 2 aromatic heterocycles. The van der Waals surface area contributed by atoms with E-state index in [0.717, 1.165) is 10.0 Å². The first-order valence-electron chi connectivity index (χ1n) is 7.61. The van der Waals surface area contributed by atoms with Crippen LogP contribution in [0.25, 0.3) is 0 Å². The number of pyridine rings is 1. The van der Waals surface area contributed by atoms with Crippen LogP contribution in [0.5, 0.6) is 0 Å². The number of hydrogen-bond donors (Lipinski definition) is 0. The number of aromatic nitrogens is 2. The van der Waals surface area contributed by atoms with Crippen molar-refractivity contribution in [3.63, 3.8) is 0 Å². The molecule has 0 bridgehead atoms. The molecule has 0 aliphatic heterocycles. The summed E-state index contributed by atoms with van der Waals surface area (Å²) in [6.07, 6.45) is 4.11. The van der Waals surface area contributed by atoms with E-state index in [2.05, 4.69) is 4.98 Å². The molecule has 1 aromatic carbocycles. The summed E-state index contributed by atoms with van der Waals surface area (Å²) < 4.78 is 40.1. The van der Waals surface area contributed by atoms with Crippen molar-refractivity contribution >= 4 is 27.4 Å². The van der Waals surface area contributed by atoms with Crippen molar-refractivity contribution in [3.05, 3.63) is 82.6 Å². The number of benzene rings is 1. The number of carbonyl (C=O) groups excluding carboxylic acids is 1. The summed E-state index contributed by atoms with van der Waals surface area (Å²) in [4.78, 5) is 15.8. The average molecular weight is 393 g/mol. The monoisotopic (exact) mass is 392 g/mol. The van der Waals surface area contributed by atoms with Gasteiger partial charge in [0.15, 0.2) is 5.78 Å². The maximum absolute atomic E-state index is 13.8. The van der Waals surface area contributed by atoms with Crippen molar-refractivity contribution < 1.29 is 17.6 Å². The Bertz CT molecular complexity index is 1080. The first kappa shape index (κ1) is 18.3. The normalized spacial score (nSPS) is 11.5. The molecule has 2 heterocycles. The Morgan fingerprint density at radius 3 is 2.73 bits per heavy atom. The Labute approximate surface area is 155 Å². The summed E-state index contributed by atoms with van der Waals surface area (Å²) in [6.45, 7) is 1.49. The lowest BCUT2D eigenvalue weighted by atomic mass is 10.1. The summed E-state index contributed by atoms with van der Waals surface area (Å²) >= 11 is 5.99. The van der Waals surface area contributed by atoms with E-state index in [9.17, 15) is 17.6 Å². The predicted octanol–water partition coefficient (Wildman–Crippen LogP) is 3.65. The third-order valence-corrected chi connectivity index (χ3v) is 5.91. The minimum absolute atomic E-state index is 0.00444. The second-order valence-corrected chi connectivity index (χ2v) is 7.92. The van der Waals surface area contributed by atoms with Gasteiger partial charge in [-0.3, -0.25) is 9.78 Å². The van der Waals surface area contributed by atoms with Crippen LogP contribution in [0.3, 0.4) is 0 Å². The number of Topliss-reactive ketones (excluding diaryl/α,β-unsaturated/α-hetero) is 1. The van der Waals surface area contributed by atoms with Crippen molar-refractivity contribution in [1.29, 1.82) is 0 Å². The van der Waals surface area contributed by atoms with E-state index >= 15 is 0 Å². The van der Waals surface area contributed by atoms with Crippen molar-refractivity contribution in [2.45, 2.75) is 18.2 Å². The summed E-state index contributed by atoms with van der Waals surface area (Å²) in [7, 11) is -4.07. The molecule has 0 spiro atoms. The lowest BCUT2D eigenvalue weighted by molar-refractivity contribution is 0.0988. The van der Waals surface area contributed by atoms with Gasteiger partial charge < -0.3 is 0 Å². The van der Waals surface area contributed by atoms with E-state index in [-0.39, 0.29) is 27.7 Å². The first-order valence-corrected chi connectivity index (χ1v) is 9.43. The average Bonchev–Trinajstić information content (AvgIpc) is 3.08. The molecule has 0 amide bonds. The number of nitrogens with zero attached hydrogens (tertiary/aromatic N) is 2. The van der Waals surface area contributed by atoms with Gasteiger partial charge in [-0.25, -0.2) is 16.8 Å². The summed E-state index contributed by atoms with van der Waals surface area (Å²) in [5.41, 5.74) is 1.04. The molecule has 3 rings (SSSR count). The van der Waals surface area contributed by atoms with Crippen molar-refractivity contribution in [2.24, 2.45) is 0 Å². The quantitative estimate of drug-likeness (QED) is 0.621. The van der Waals surface area contributed by atoms with Crippen LogP contribution >= 0.6 is 11.6 Å². The lowest BCUT2D eigenvalue weighted by Crippen LogP contribution is -2.12. The smallest absolute Gasteiger partial charge is 0.269 e. The van der Waals surface area contributed by atoms with E-state index < -0.39 is 15.8 Å². The van der Waals surface area contributed by atoms with Crippen LogP contribution in [0.2, 0.25) is 5.02 Å².